The van der Waals surface area contributed by atoms with Gasteiger partial charge in [-0.3, -0.25) is 4.79 Å². The molecule has 1 saturated carbocycles. The van der Waals surface area contributed by atoms with Crippen LogP contribution < -0.4 is 11.1 Å². The Kier molecular flexibility index (Phi) is 4.15. The second kappa shape index (κ2) is 5.82. The summed E-state index contributed by atoms with van der Waals surface area (Å²) in [5.41, 5.74) is 5.56. The van der Waals surface area contributed by atoms with Crippen LogP contribution in [0.5, 0.6) is 0 Å². The van der Waals surface area contributed by atoms with Crippen molar-refractivity contribution in [2.75, 3.05) is 18.5 Å². The van der Waals surface area contributed by atoms with Gasteiger partial charge >= 0.3 is 0 Å². The van der Waals surface area contributed by atoms with Gasteiger partial charge in [-0.2, -0.15) is 0 Å². The van der Waals surface area contributed by atoms with E-state index in [2.05, 4.69) is 10.3 Å². The molecule has 1 aliphatic carbocycles. The van der Waals surface area contributed by atoms with Crippen LogP contribution in [0, 0.1) is 11.8 Å². The molecule has 0 saturated heterocycles. The van der Waals surface area contributed by atoms with E-state index in [-0.39, 0.29) is 6.61 Å². The van der Waals surface area contributed by atoms with E-state index >= 15 is 0 Å². The van der Waals surface area contributed by atoms with Gasteiger partial charge in [0.15, 0.2) is 0 Å². The van der Waals surface area contributed by atoms with Gasteiger partial charge in [0.1, 0.15) is 5.82 Å². The SMILES string of the molecule is NC(=O)c1ccc(NCC2CCCC2CO)nc1. The number of aromatic nitrogens is 1. The van der Waals surface area contributed by atoms with E-state index in [0.29, 0.717) is 17.4 Å². The number of rotatable bonds is 5. The first-order valence-corrected chi connectivity index (χ1v) is 6.31. The zero-order valence-electron chi connectivity index (χ0n) is 10.3. The Morgan fingerprint density at radius 3 is 2.83 bits per heavy atom. The highest BCUT2D eigenvalue weighted by Gasteiger charge is 2.26. The molecule has 1 aromatic rings. The Morgan fingerprint density at radius 2 is 2.22 bits per heavy atom. The van der Waals surface area contributed by atoms with E-state index in [4.69, 9.17) is 5.73 Å². The summed E-state index contributed by atoms with van der Waals surface area (Å²) in [6.45, 7) is 1.08. The summed E-state index contributed by atoms with van der Waals surface area (Å²) in [6, 6.07) is 3.42. The molecule has 0 aromatic carbocycles. The molecule has 2 atom stereocenters. The third kappa shape index (κ3) is 2.98. The third-order valence-electron chi connectivity index (χ3n) is 3.64. The normalized spacial score (nSPS) is 22.9. The van der Waals surface area contributed by atoms with E-state index in [9.17, 15) is 9.90 Å². The van der Waals surface area contributed by atoms with Gasteiger partial charge in [-0.25, -0.2) is 4.98 Å². The first-order chi connectivity index (χ1) is 8.70. The Labute approximate surface area is 106 Å². The van der Waals surface area contributed by atoms with Gasteiger partial charge in [-0.15, -0.1) is 0 Å². The molecule has 0 spiro atoms. The molecular formula is C13H19N3O2. The number of anilines is 1. The Balaban J connectivity index is 1.88. The largest absolute Gasteiger partial charge is 0.396 e. The van der Waals surface area contributed by atoms with Gasteiger partial charge in [0.05, 0.1) is 5.56 Å². The topological polar surface area (TPSA) is 88.2 Å². The number of carbonyl (C=O) groups excluding carboxylic acids is 1. The molecule has 98 valence electrons. The Hall–Kier alpha value is -1.62. The molecule has 5 heteroatoms. The number of nitrogens with two attached hydrogens (primary N) is 1. The van der Waals surface area contributed by atoms with E-state index in [0.717, 1.165) is 25.2 Å². The molecule has 5 nitrogen and oxygen atoms in total. The molecule has 0 aliphatic heterocycles. The van der Waals surface area contributed by atoms with Crippen LogP contribution in [0.25, 0.3) is 0 Å². The second-order valence-electron chi connectivity index (χ2n) is 4.81. The molecular weight excluding hydrogens is 230 g/mol. The lowest BCUT2D eigenvalue weighted by atomic mass is 9.97. The standard InChI is InChI=1S/C13H19N3O2/c14-13(18)10-4-5-12(16-7-10)15-6-9-2-1-3-11(9)8-17/h4-5,7,9,11,17H,1-3,6,8H2,(H2,14,18)(H,15,16). The second-order valence-corrected chi connectivity index (χ2v) is 4.81. The predicted octanol–water partition coefficient (Wildman–Crippen LogP) is 1.00. The number of aliphatic hydroxyl groups excluding tert-OH is 1. The van der Waals surface area contributed by atoms with Crippen molar-refractivity contribution in [3.05, 3.63) is 23.9 Å². The highest BCUT2D eigenvalue weighted by molar-refractivity contribution is 5.92. The lowest BCUT2D eigenvalue weighted by molar-refractivity contribution is 0.1000. The van der Waals surface area contributed by atoms with Crippen LogP contribution in [0.1, 0.15) is 29.6 Å². The van der Waals surface area contributed by atoms with Crippen molar-refractivity contribution in [2.45, 2.75) is 19.3 Å². The van der Waals surface area contributed by atoms with Crippen molar-refractivity contribution in [1.29, 1.82) is 0 Å². The Bertz CT molecular complexity index is 405. The van der Waals surface area contributed by atoms with Gasteiger partial charge < -0.3 is 16.2 Å². The molecule has 1 aliphatic rings. The maximum Gasteiger partial charge on any atom is 0.250 e. The lowest BCUT2D eigenvalue weighted by Gasteiger charge is -2.18. The van der Waals surface area contributed by atoms with E-state index in [1.54, 1.807) is 12.1 Å². The molecule has 0 bridgehead atoms. The van der Waals surface area contributed by atoms with Crippen molar-refractivity contribution >= 4 is 11.7 Å². The average molecular weight is 249 g/mol. The van der Waals surface area contributed by atoms with Crippen LogP contribution in [0.15, 0.2) is 18.3 Å². The van der Waals surface area contributed by atoms with Gasteiger partial charge in [0.2, 0.25) is 5.91 Å². The number of pyridine rings is 1. The van der Waals surface area contributed by atoms with Gasteiger partial charge in [-0.1, -0.05) is 6.42 Å². The van der Waals surface area contributed by atoms with Crippen LogP contribution >= 0.6 is 0 Å². The minimum atomic E-state index is -0.467. The van der Waals surface area contributed by atoms with Crippen LogP contribution in [-0.2, 0) is 0 Å². The fraction of sp³-hybridized carbons (Fsp3) is 0.538. The van der Waals surface area contributed by atoms with Crippen LogP contribution in [-0.4, -0.2) is 29.1 Å². The number of aliphatic hydroxyl groups is 1. The number of nitrogens with zero attached hydrogens (tertiary/aromatic N) is 1. The quantitative estimate of drug-likeness (QED) is 0.726. The van der Waals surface area contributed by atoms with Crippen molar-refractivity contribution in [3.63, 3.8) is 0 Å². The predicted molar refractivity (Wildman–Crippen MR) is 69.2 cm³/mol. The monoisotopic (exact) mass is 249 g/mol. The number of amides is 1. The number of hydrogen-bond acceptors (Lipinski definition) is 4. The molecule has 0 radical (unpaired) electrons. The first-order valence-electron chi connectivity index (χ1n) is 6.31. The minimum absolute atomic E-state index is 0.264. The highest BCUT2D eigenvalue weighted by atomic mass is 16.3. The molecule has 1 fully saturated rings. The number of carbonyl (C=O) groups is 1. The summed E-state index contributed by atoms with van der Waals surface area (Å²) in [7, 11) is 0. The fourth-order valence-corrected chi connectivity index (χ4v) is 2.50. The molecule has 1 heterocycles. The smallest absolute Gasteiger partial charge is 0.250 e. The third-order valence-corrected chi connectivity index (χ3v) is 3.64. The van der Waals surface area contributed by atoms with Gasteiger partial charge in [0, 0.05) is 19.3 Å². The number of hydrogen-bond donors (Lipinski definition) is 3. The fourth-order valence-electron chi connectivity index (χ4n) is 2.50. The number of nitrogens with one attached hydrogen (secondary N) is 1. The molecule has 18 heavy (non-hydrogen) atoms. The zero-order chi connectivity index (χ0) is 13.0. The molecule has 2 unspecified atom stereocenters. The van der Waals surface area contributed by atoms with Crippen LogP contribution in [0.3, 0.4) is 0 Å². The Morgan fingerprint density at radius 1 is 1.44 bits per heavy atom. The average Bonchev–Trinajstić information content (AvgIpc) is 2.84. The van der Waals surface area contributed by atoms with E-state index in [1.807, 2.05) is 0 Å². The minimum Gasteiger partial charge on any atom is -0.396 e. The lowest BCUT2D eigenvalue weighted by Crippen LogP contribution is -2.21. The zero-order valence-corrected chi connectivity index (χ0v) is 10.3. The van der Waals surface area contributed by atoms with Crippen molar-refractivity contribution in [3.8, 4) is 0 Å². The summed E-state index contributed by atoms with van der Waals surface area (Å²) >= 11 is 0. The van der Waals surface area contributed by atoms with Crippen molar-refractivity contribution in [2.24, 2.45) is 17.6 Å². The van der Waals surface area contributed by atoms with Crippen LogP contribution in [0.2, 0.25) is 0 Å². The van der Waals surface area contributed by atoms with E-state index < -0.39 is 5.91 Å². The molecule has 1 amide bonds. The van der Waals surface area contributed by atoms with Crippen LogP contribution in [0.4, 0.5) is 5.82 Å². The summed E-state index contributed by atoms with van der Waals surface area (Å²) < 4.78 is 0. The van der Waals surface area contributed by atoms with Gasteiger partial charge in [-0.05, 0) is 36.8 Å². The summed E-state index contributed by atoms with van der Waals surface area (Å²) in [4.78, 5) is 15.0. The molecule has 1 aromatic heterocycles. The molecule has 2 rings (SSSR count). The molecule has 4 N–H and O–H groups in total. The van der Waals surface area contributed by atoms with Crippen molar-refractivity contribution < 1.29 is 9.90 Å². The highest BCUT2D eigenvalue weighted by Crippen LogP contribution is 2.31. The maximum absolute atomic E-state index is 10.9. The summed E-state index contributed by atoms with van der Waals surface area (Å²) in [5.74, 6) is 1.18. The first kappa shape index (κ1) is 12.8. The van der Waals surface area contributed by atoms with Gasteiger partial charge in [0.25, 0.3) is 0 Å². The van der Waals surface area contributed by atoms with Crippen molar-refractivity contribution in [1.82, 2.24) is 4.98 Å². The summed E-state index contributed by atoms with van der Waals surface area (Å²) in [5, 5.41) is 12.5. The summed E-state index contributed by atoms with van der Waals surface area (Å²) in [6.07, 6.45) is 4.92. The maximum atomic E-state index is 10.9. The number of primary amides is 1. The van der Waals surface area contributed by atoms with E-state index in [1.165, 1.54) is 12.6 Å².